The number of hydrogen-bond donors (Lipinski definition) is 1. The standard InChI is InChI=1S/C12H20N6/c1-4-5-18-12(14-8-16-18)6-10(13-2)11-7-17(3)9-15-11/h7-10,13H,4-6H2,1-3H3. The molecule has 0 amide bonds. The third-order valence-electron chi connectivity index (χ3n) is 2.95. The monoisotopic (exact) mass is 248 g/mol. The second-order valence-electron chi connectivity index (χ2n) is 4.41. The van der Waals surface area contributed by atoms with E-state index >= 15 is 0 Å². The van der Waals surface area contributed by atoms with Gasteiger partial charge in [-0.05, 0) is 13.5 Å². The number of imidazole rings is 1. The van der Waals surface area contributed by atoms with E-state index in [-0.39, 0.29) is 6.04 Å². The van der Waals surface area contributed by atoms with Crippen LogP contribution in [0, 0.1) is 0 Å². The minimum Gasteiger partial charge on any atom is -0.340 e. The van der Waals surface area contributed by atoms with Crippen LogP contribution in [0.25, 0.3) is 0 Å². The molecule has 98 valence electrons. The Hall–Kier alpha value is -1.69. The summed E-state index contributed by atoms with van der Waals surface area (Å²) in [7, 11) is 3.92. The third kappa shape index (κ3) is 2.76. The molecule has 0 saturated heterocycles. The Morgan fingerprint density at radius 1 is 1.39 bits per heavy atom. The van der Waals surface area contributed by atoms with Crippen LogP contribution >= 0.6 is 0 Å². The molecule has 0 spiro atoms. The van der Waals surface area contributed by atoms with Crippen LogP contribution in [-0.2, 0) is 20.0 Å². The van der Waals surface area contributed by atoms with Crippen LogP contribution in [0.5, 0.6) is 0 Å². The smallest absolute Gasteiger partial charge is 0.138 e. The molecule has 0 aliphatic heterocycles. The van der Waals surface area contributed by atoms with Crippen molar-refractivity contribution in [2.75, 3.05) is 7.05 Å². The lowest BCUT2D eigenvalue weighted by atomic mass is 10.1. The first kappa shape index (κ1) is 12.8. The van der Waals surface area contributed by atoms with Crippen LogP contribution in [-0.4, -0.2) is 31.4 Å². The van der Waals surface area contributed by atoms with Crippen molar-refractivity contribution < 1.29 is 0 Å². The topological polar surface area (TPSA) is 60.6 Å². The molecule has 6 nitrogen and oxygen atoms in total. The van der Waals surface area contributed by atoms with E-state index in [1.807, 2.05) is 35.9 Å². The summed E-state index contributed by atoms with van der Waals surface area (Å²) >= 11 is 0. The number of likely N-dealkylation sites (N-methyl/N-ethyl adjacent to an activating group) is 1. The Morgan fingerprint density at radius 2 is 2.22 bits per heavy atom. The van der Waals surface area contributed by atoms with Gasteiger partial charge in [0.2, 0.25) is 0 Å². The maximum atomic E-state index is 4.39. The number of aryl methyl sites for hydroxylation is 2. The minimum absolute atomic E-state index is 0.172. The van der Waals surface area contributed by atoms with Crippen LogP contribution in [0.1, 0.15) is 30.9 Å². The van der Waals surface area contributed by atoms with Crippen molar-refractivity contribution in [3.63, 3.8) is 0 Å². The van der Waals surface area contributed by atoms with Crippen molar-refractivity contribution in [1.82, 2.24) is 29.6 Å². The predicted octanol–water partition coefficient (Wildman–Crippen LogP) is 0.925. The molecule has 6 heteroatoms. The van der Waals surface area contributed by atoms with Crippen molar-refractivity contribution in [3.8, 4) is 0 Å². The van der Waals surface area contributed by atoms with Gasteiger partial charge in [0.05, 0.1) is 18.1 Å². The largest absolute Gasteiger partial charge is 0.340 e. The molecule has 0 fully saturated rings. The summed E-state index contributed by atoms with van der Waals surface area (Å²) in [5.74, 6) is 1.00. The van der Waals surface area contributed by atoms with Gasteiger partial charge in [-0.15, -0.1) is 0 Å². The van der Waals surface area contributed by atoms with Gasteiger partial charge >= 0.3 is 0 Å². The van der Waals surface area contributed by atoms with Crippen LogP contribution in [0.4, 0.5) is 0 Å². The van der Waals surface area contributed by atoms with E-state index in [0.29, 0.717) is 0 Å². The van der Waals surface area contributed by atoms with Gasteiger partial charge < -0.3 is 9.88 Å². The van der Waals surface area contributed by atoms with Crippen molar-refractivity contribution in [1.29, 1.82) is 0 Å². The highest BCUT2D eigenvalue weighted by molar-refractivity contribution is 5.06. The molecule has 0 aliphatic rings. The highest BCUT2D eigenvalue weighted by Crippen LogP contribution is 2.14. The minimum atomic E-state index is 0.172. The molecule has 0 bridgehead atoms. The molecule has 2 rings (SSSR count). The molecule has 2 heterocycles. The van der Waals surface area contributed by atoms with Crippen molar-refractivity contribution >= 4 is 0 Å². The molecular formula is C12H20N6. The molecule has 0 aromatic carbocycles. The van der Waals surface area contributed by atoms with E-state index in [4.69, 9.17) is 0 Å². The normalized spacial score (nSPS) is 12.8. The van der Waals surface area contributed by atoms with Gasteiger partial charge in [-0.25, -0.2) is 9.97 Å². The summed E-state index contributed by atoms with van der Waals surface area (Å²) in [6.07, 6.45) is 7.33. The van der Waals surface area contributed by atoms with Crippen LogP contribution in [0.3, 0.4) is 0 Å². The lowest BCUT2D eigenvalue weighted by Crippen LogP contribution is -2.21. The zero-order valence-corrected chi connectivity index (χ0v) is 11.2. The lowest BCUT2D eigenvalue weighted by molar-refractivity contribution is 0.511. The zero-order chi connectivity index (χ0) is 13.0. The maximum absolute atomic E-state index is 4.39. The zero-order valence-electron chi connectivity index (χ0n) is 11.2. The maximum Gasteiger partial charge on any atom is 0.138 e. The molecule has 0 saturated carbocycles. The Balaban J connectivity index is 2.12. The molecule has 1 N–H and O–H groups in total. The summed E-state index contributed by atoms with van der Waals surface area (Å²) < 4.78 is 3.92. The first-order valence-electron chi connectivity index (χ1n) is 6.26. The molecule has 2 aromatic rings. The van der Waals surface area contributed by atoms with Gasteiger partial charge in [0.15, 0.2) is 0 Å². The van der Waals surface area contributed by atoms with Gasteiger partial charge in [0, 0.05) is 26.2 Å². The molecule has 2 aromatic heterocycles. The second kappa shape index (κ2) is 5.77. The predicted molar refractivity (Wildman–Crippen MR) is 69.0 cm³/mol. The quantitative estimate of drug-likeness (QED) is 0.826. The van der Waals surface area contributed by atoms with Gasteiger partial charge in [-0.3, -0.25) is 4.68 Å². The number of hydrogen-bond acceptors (Lipinski definition) is 4. The Bertz CT molecular complexity index is 486. The van der Waals surface area contributed by atoms with E-state index in [1.54, 1.807) is 6.33 Å². The van der Waals surface area contributed by atoms with E-state index in [1.165, 1.54) is 0 Å². The fourth-order valence-electron chi connectivity index (χ4n) is 1.99. The Labute approximate surface area is 107 Å². The second-order valence-corrected chi connectivity index (χ2v) is 4.41. The molecular weight excluding hydrogens is 228 g/mol. The van der Waals surface area contributed by atoms with Crippen molar-refractivity contribution in [2.24, 2.45) is 7.05 Å². The molecule has 0 aliphatic carbocycles. The average Bonchev–Trinajstić information content (AvgIpc) is 2.96. The average molecular weight is 248 g/mol. The molecule has 18 heavy (non-hydrogen) atoms. The van der Waals surface area contributed by atoms with E-state index in [2.05, 4.69) is 27.3 Å². The number of rotatable bonds is 6. The van der Waals surface area contributed by atoms with E-state index < -0.39 is 0 Å². The fourth-order valence-corrected chi connectivity index (χ4v) is 1.99. The van der Waals surface area contributed by atoms with Crippen LogP contribution in [0.2, 0.25) is 0 Å². The van der Waals surface area contributed by atoms with Gasteiger partial charge in [-0.2, -0.15) is 5.10 Å². The Morgan fingerprint density at radius 3 is 2.83 bits per heavy atom. The summed E-state index contributed by atoms with van der Waals surface area (Å²) in [4.78, 5) is 8.72. The summed E-state index contributed by atoms with van der Waals surface area (Å²) in [5, 5.41) is 7.53. The summed E-state index contributed by atoms with van der Waals surface area (Å²) in [6.45, 7) is 3.05. The van der Waals surface area contributed by atoms with Gasteiger partial charge in [-0.1, -0.05) is 6.92 Å². The fraction of sp³-hybridized carbons (Fsp3) is 0.583. The number of nitrogens with one attached hydrogen (secondary N) is 1. The van der Waals surface area contributed by atoms with E-state index in [0.717, 1.165) is 30.9 Å². The first-order valence-corrected chi connectivity index (χ1v) is 6.26. The van der Waals surface area contributed by atoms with Crippen LogP contribution < -0.4 is 5.32 Å². The first-order chi connectivity index (χ1) is 8.74. The number of aromatic nitrogens is 5. The SMILES string of the molecule is CCCn1ncnc1CC(NC)c1cn(C)cn1. The molecule has 1 atom stereocenters. The lowest BCUT2D eigenvalue weighted by Gasteiger charge is -2.13. The summed E-state index contributed by atoms with van der Waals surface area (Å²) in [6, 6.07) is 0.172. The van der Waals surface area contributed by atoms with Gasteiger partial charge in [0.1, 0.15) is 12.2 Å². The van der Waals surface area contributed by atoms with Crippen molar-refractivity contribution in [2.45, 2.75) is 32.4 Å². The Kier molecular flexibility index (Phi) is 4.09. The van der Waals surface area contributed by atoms with Crippen molar-refractivity contribution in [3.05, 3.63) is 30.4 Å². The summed E-state index contributed by atoms with van der Waals surface area (Å²) in [5.41, 5.74) is 1.03. The number of nitrogens with zero attached hydrogens (tertiary/aromatic N) is 5. The van der Waals surface area contributed by atoms with Gasteiger partial charge in [0.25, 0.3) is 0 Å². The third-order valence-corrected chi connectivity index (χ3v) is 2.95. The highest BCUT2D eigenvalue weighted by Gasteiger charge is 2.16. The van der Waals surface area contributed by atoms with Crippen LogP contribution in [0.15, 0.2) is 18.9 Å². The molecule has 1 unspecified atom stereocenters. The highest BCUT2D eigenvalue weighted by atomic mass is 15.3. The molecule has 0 radical (unpaired) electrons. The van der Waals surface area contributed by atoms with E-state index in [9.17, 15) is 0 Å².